The molecule has 2 aromatic carbocycles. The van der Waals surface area contributed by atoms with Gasteiger partial charge in [-0.2, -0.15) is 0 Å². The van der Waals surface area contributed by atoms with Crippen molar-refractivity contribution in [2.45, 2.75) is 49.7 Å². The van der Waals surface area contributed by atoms with Crippen LogP contribution in [0.4, 0.5) is 0 Å². The molecule has 1 aliphatic heterocycles. The molecule has 1 heterocycles. The van der Waals surface area contributed by atoms with Gasteiger partial charge in [0.15, 0.2) is 9.76 Å². The summed E-state index contributed by atoms with van der Waals surface area (Å²) >= 11 is 0. The van der Waals surface area contributed by atoms with Crippen molar-refractivity contribution in [1.29, 1.82) is 0 Å². The summed E-state index contributed by atoms with van der Waals surface area (Å²) < 4.78 is 16.6. The maximum absolute atomic E-state index is 13.5. The van der Waals surface area contributed by atoms with E-state index in [-0.39, 0.29) is 6.10 Å². The Kier molecular flexibility index (Phi) is 5.42. The molecule has 0 spiro atoms. The Morgan fingerprint density at radius 3 is 2.50 bits per heavy atom. The van der Waals surface area contributed by atoms with Gasteiger partial charge in [0.1, 0.15) is 10.5 Å². The van der Waals surface area contributed by atoms with E-state index in [0.717, 1.165) is 23.1 Å². The lowest BCUT2D eigenvalue weighted by molar-refractivity contribution is -0.154. The predicted molar refractivity (Wildman–Crippen MR) is 117 cm³/mol. The summed E-state index contributed by atoms with van der Waals surface area (Å²) in [5.74, 6) is -0.910. The standard InChI is InChI=1S/C24H28O5Si/c1-5-23(21(25)29-22(26)24(23,30-28-4)14-15(2)27-3)20-12-8-11-18-17-10-7-6-9-16(17)13-19(18)20/h6-12,15H,5,13-14,30H2,1-4H3. The van der Waals surface area contributed by atoms with Crippen LogP contribution in [-0.4, -0.2) is 42.0 Å². The van der Waals surface area contributed by atoms with E-state index in [1.54, 1.807) is 14.2 Å². The Bertz CT molecular complexity index is 1000. The SMILES string of the molecule is CCC1(c2cccc3c2Cc2ccccc2-3)C(=O)OC(=O)C1(CC(C)OC)[SiH2]OC. The van der Waals surface area contributed by atoms with Gasteiger partial charge in [0.25, 0.3) is 0 Å². The molecule has 0 bridgehead atoms. The predicted octanol–water partition coefficient (Wildman–Crippen LogP) is 3.30. The van der Waals surface area contributed by atoms with Crippen LogP contribution in [-0.2, 0) is 35.3 Å². The lowest BCUT2D eigenvalue weighted by Crippen LogP contribution is -2.49. The molecule has 1 aliphatic carbocycles. The van der Waals surface area contributed by atoms with Gasteiger partial charge in [-0.25, -0.2) is 0 Å². The van der Waals surface area contributed by atoms with Crippen LogP contribution < -0.4 is 0 Å². The molecule has 4 rings (SSSR count). The van der Waals surface area contributed by atoms with E-state index in [9.17, 15) is 9.59 Å². The summed E-state index contributed by atoms with van der Waals surface area (Å²) in [5.41, 5.74) is 4.53. The third-order valence-corrected chi connectivity index (χ3v) is 8.97. The number of rotatable bonds is 7. The summed E-state index contributed by atoms with van der Waals surface area (Å²) in [7, 11) is 1.79. The molecule has 158 valence electrons. The number of cyclic esters (lactones) is 2. The second-order valence-corrected chi connectivity index (χ2v) is 10.4. The van der Waals surface area contributed by atoms with Crippen molar-refractivity contribution in [2.75, 3.05) is 14.2 Å². The van der Waals surface area contributed by atoms with Crippen LogP contribution in [0.15, 0.2) is 42.5 Å². The third-order valence-electron chi connectivity index (χ3n) is 7.01. The number of fused-ring (bicyclic) bond motifs is 3. The number of carbonyl (C=O) groups excluding carboxylic acids is 2. The van der Waals surface area contributed by atoms with Gasteiger partial charge in [0.2, 0.25) is 0 Å². The van der Waals surface area contributed by atoms with E-state index >= 15 is 0 Å². The number of methoxy groups -OCH3 is 1. The summed E-state index contributed by atoms with van der Waals surface area (Å²) in [6.07, 6.45) is 1.41. The highest BCUT2D eigenvalue weighted by atomic mass is 28.2. The zero-order valence-corrected chi connectivity index (χ0v) is 19.4. The summed E-state index contributed by atoms with van der Waals surface area (Å²) in [5, 5.41) is -1.01. The van der Waals surface area contributed by atoms with Crippen molar-refractivity contribution in [3.63, 3.8) is 0 Å². The van der Waals surface area contributed by atoms with E-state index in [0.29, 0.717) is 12.8 Å². The summed E-state index contributed by atoms with van der Waals surface area (Å²) in [6.45, 7) is 3.89. The molecule has 5 nitrogen and oxygen atoms in total. The molecule has 3 unspecified atom stereocenters. The highest BCUT2D eigenvalue weighted by molar-refractivity contribution is 6.45. The van der Waals surface area contributed by atoms with Crippen molar-refractivity contribution in [1.82, 2.24) is 0 Å². The van der Waals surface area contributed by atoms with Crippen molar-refractivity contribution in [3.8, 4) is 11.1 Å². The van der Waals surface area contributed by atoms with Crippen molar-refractivity contribution in [2.24, 2.45) is 0 Å². The Morgan fingerprint density at radius 2 is 1.80 bits per heavy atom. The number of benzene rings is 2. The van der Waals surface area contributed by atoms with Crippen LogP contribution in [0.5, 0.6) is 0 Å². The average molecular weight is 425 g/mol. The molecule has 0 saturated carbocycles. The van der Waals surface area contributed by atoms with Gasteiger partial charge in [0.05, 0.1) is 6.10 Å². The molecule has 1 fully saturated rings. The van der Waals surface area contributed by atoms with E-state index < -0.39 is 32.2 Å². The van der Waals surface area contributed by atoms with Gasteiger partial charge < -0.3 is 13.9 Å². The molecular formula is C24H28O5Si. The van der Waals surface area contributed by atoms with Crippen molar-refractivity contribution in [3.05, 3.63) is 59.2 Å². The number of ether oxygens (including phenoxy) is 2. The fourth-order valence-electron chi connectivity index (χ4n) is 5.56. The Hall–Kier alpha value is -2.28. The molecule has 3 atom stereocenters. The third kappa shape index (κ3) is 2.74. The smallest absolute Gasteiger partial charge is 0.325 e. The van der Waals surface area contributed by atoms with E-state index in [1.807, 2.05) is 38.1 Å². The minimum absolute atomic E-state index is 0.203. The first-order valence-electron chi connectivity index (χ1n) is 10.4. The molecule has 6 heteroatoms. The van der Waals surface area contributed by atoms with Gasteiger partial charge in [-0.1, -0.05) is 49.4 Å². The maximum atomic E-state index is 13.5. The molecule has 2 aromatic rings. The normalized spacial score (nSPS) is 26.1. The number of hydrogen-bond acceptors (Lipinski definition) is 5. The molecule has 0 radical (unpaired) electrons. The minimum Gasteiger partial charge on any atom is -0.426 e. The van der Waals surface area contributed by atoms with Crippen molar-refractivity contribution >= 4 is 21.7 Å². The second-order valence-electron chi connectivity index (χ2n) is 8.37. The van der Waals surface area contributed by atoms with Crippen LogP contribution in [0.25, 0.3) is 11.1 Å². The quantitative estimate of drug-likeness (QED) is 0.331. The molecule has 0 aromatic heterocycles. The fourth-order valence-corrected chi connectivity index (χ4v) is 7.59. The van der Waals surface area contributed by atoms with Crippen LogP contribution in [0, 0.1) is 0 Å². The van der Waals surface area contributed by atoms with E-state index in [4.69, 9.17) is 13.9 Å². The van der Waals surface area contributed by atoms with E-state index in [2.05, 4.69) is 18.2 Å². The number of hydrogen-bond donors (Lipinski definition) is 0. The minimum atomic E-state index is -1.46. The fraction of sp³-hybridized carbons (Fsp3) is 0.417. The monoisotopic (exact) mass is 424 g/mol. The van der Waals surface area contributed by atoms with Crippen LogP contribution in [0.2, 0.25) is 5.04 Å². The van der Waals surface area contributed by atoms with E-state index in [1.165, 1.54) is 11.1 Å². The first-order chi connectivity index (χ1) is 14.4. The Labute approximate surface area is 179 Å². The molecule has 2 aliphatic rings. The first kappa shape index (κ1) is 21.0. The molecule has 0 amide bonds. The highest BCUT2D eigenvalue weighted by Gasteiger charge is 2.69. The summed E-state index contributed by atoms with van der Waals surface area (Å²) in [6, 6.07) is 14.4. The van der Waals surface area contributed by atoms with Crippen LogP contribution in [0.1, 0.15) is 43.4 Å². The second kappa shape index (κ2) is 7.76. The zero-order chi connectivity index (χ0) is 21.5. The topological polar surface area (TPSA) is 61.8 Å². The van der Waals surface area contributed by atoms with Gasteiger partial charge in [-0.15, -0.1) is 0 Å². The lowest BCUT2D eigenvalue weighted by atomic mass is 9.65. The first-order valence-corrected chi connectivity index (χ1v) is 11.7. The number of esters is 2. The molecular weight excluding hydrogens is 396 g/mol. The maximum Gasteiger partial charge on any atom is 0.325 e. The molecule has 30 heavy (non-hydrogen) atoms. The van der Waals surface area contributed by atoms with Gasteiger partial charge in [-0.05, 0) is 54.0 Å². The van der Waals surface area contributed by atoms with Gasteiger partial charge in [0, 0.05) is 14.2 Å². The molecule has 0 N–H and O–H groups in total. The molecule has 1 saturated heterocycles. The van der Waals surface area contributed by atoms with Crippen LogP contribution in [0.3, 0.4) is 0 Å². The number of carbonyl (C=O) groups is 2. The van der Waals surface area contributed by atoms with Gasteiger partial charge >= 0.3 is 11.9 Å². The Morgan fingerprint density at radius 1 is 1.07 bits per heavy atom. The van der Waals surface area contributed by atoms with Gasteiger partial charge in [-0.3, -0.25) is 9.59 Å². The largest absolute Gasteiger partial charge is 0.426 e. The summed E-state index contributed by atoms with van der Waals surface area (Å²) in [4.78, 5) is 26.7. The highest BCUT2D eigenvalue weighted by Crippen LogP contribution is 2.60. The van der Waals surface area contributed by atoms with Crippen LogP contribution >= 0.6 is 0 Å². The van der Waals surface area contributed by atoms with Crippen molar-refractivity contribution < 1.29 is 23.5 Å². The average Bonchev–Trinajstić information content (AvgIpc) is 3.22. The lowest BCUT2D eigenvalue weighted by Gasteiger charge is -2.41. The zero-order valence-electron chi connectivity index (χ0n) is 18.0. The Balaban J connectivity index is 1.97.